The van der Waals surface area contributed by atoms with Gasteiger partial charge in [-0.15, -0.1) is 0 Å². The summed E-state index contributed by atoms with van der Waals surface area (Å²) in [5, 5.41) is 0. The normalized spacial score (nSPS) is 43.4. The van der Waals surface area contributed by atoms with Gasteiger partial charge in [0.1, 0.15) is 0 Å². The molecule has 0 N–H and O–H groups in total. The molecule has 2 unspecified atom stereocenters. The lowest BCUT2D eigenvalue weighted by Gasteiger charge is -2.55. The molecule has 0 heterocycles. The van der Waals surface area contributed by atoms with Crippen molar-refractivity contribution in [2.45, 2.75) is 46.5 Å². The maximum absolute atomic E-state index is 2.42. The third-order valence-corrected chi connectivity index (χ3v) is 3.77. The Kier molecular flexibility index (Phi) is 1.56. The Morgan fingerprint density at radius 2 is 1.55 bits per heavy atom. The predicted octanol–water partition coefficient (Wildman–Crippen LogP) is 3.47. The fraction of sp³-hybridized carbons (Fsp3) is 1.00. The molecular weight excluding hydrogens is 132 g/mol. The molecule has 0 aliphatic heterocycles. The van der Waals surface area contributed by atoms with Gasteiger partial charge in [-0.05, 0) is 29.6 Å². The van der Waals surface area contributed by atoms with Gasteiger partial charge >= 0.3 is 0 Å². The Labute approximate surface area is 70.4 Å². The second-order valence-electron chi connectivity index (χ2n) is 5.58. The number of hydrogen-bond acceptors (Lipinski definition) is 0. The highest BCUT2D eigenvalue weighted by Crippen LogP contribution is 2.57. The molecule has 0 aromatic carbocycles. The van der Waals surface area contributed by atoms with Gasteiger partial charge in [0.15, 0.2) is 0 Å². The lowest BCUT2D eigenvalue weighted by atomic mass is 9.50. The number of hydrogen-bond donors (Lipinski definition) is 0. The molecule has 2 bridgehead atoms. The van der Waals surface area contributed by atoms with Crippen molar-refractivity contribution < 1.29 is 0 Å². The topological polar surface area (TPSA) is 0 Å². The first-order valence-electron chi connectivity index (χ1n) is 5.09. The van der Waals surface area contributed by atoms with Gasteiger partial charge in [0, 0.05) is 0 Å². The van der Waals surface area contributed by atoms with E-state index in [0.29, 0.717) is 5.41 Å². The maximum Gasteiger partial charge on any atom is -0.0308 e. The zero-order chi connectivity index (χ0) is 8.06. The smallest absolute Gasteiger partial charge is 0.0308 e. The molecule has 11 heavy (non-hydrogen) atoms. The van der Waals surface area contributed by atoms with Gasteiger partial charge in [-0.25, -0.2) is 0 Å². The van der Waals surface area contributed by atoms with E-state index < -0.39 is 0 Å². The second kappa shape index (κ2) is 2.24. The first-order valence-corrected chi connectivity index (χ1v) is 5.09. The highest BCUT2D eigenvalue weighted by Gasteiger charge is 2.48. The minimum atomic E-state index is 0.591. The van der Waals surface area contributed by atoms with Gasteiger partial charge in [-0.1, -0.05) is 40.0 Å². The predicted molar refractivity (Wildman–Crippen MR) is 48.4 cm³/mol. The van der Waals surface area contributed by atoms with Crippen LogP contribution in [0.5, 0.6) is 0 Å². The fourth-order valence-electron chi connectivity index (χ4n) is 3.52. The van der Waals surface area contributed by atoms with Gasteiger partial charge in [-0.3, -0.25) is 0 Å². The standard InChI is InChI=1S/C11H20/c1-11(2,3)10-8-5-4-6-9(10)7-8/h8-10H,4-7H2,1-3H3. The average molecular weight is 152 g/mol. The average Bonchev–Trinajstić information content (AvgIpc) is 1.85. The van der Waals surface area contributed by atoms with Gasteiger partial charge in [0.25, 0.3) is 0 Å². The van der Waals surface area contributed by atoms with Gasteiger partial charge < -0.3 is 0 Å². The largest absolute Gasteiger partial charge is 0.0599 e. The fourth-order valence-corrected chi connectivity index (χ4v) is 3.52. The van der Waals surface area contributed by atoms with Crippen LogP contribution in [0.4, 0.5) is 0 Å². The van der Waals surface area contributed by atoms with Crippen LogP contribution < -0.4 is 0 Å². The summed E-state index contributed by atoms with van der Waals surface area (Å²) in [6.07, 6.45) is 6.13. The van der Waals surface area contributed by atoms with E-state index in [1.807, 2.05) is 0 Å². The monoisotopic (exact) mass is 152 g/mol. The van der Waals surface area contributed by atoms with Crippen LogP contribution in [0.1, 0.15) is 46.5 Å². The maximum atomic E-state index is 2.42. The quantitative estimate of drug-likeness (QED) is 0.498. The molecule has 3 fully saturated rings. The van der Waals surface area contributed by atoms with Crippen molar-refractivity contribution in [2.24, 2.45) is 23.2 Å². The van der Waals surface area contributed by atoms with Crippen LogP contribution in [-0.4, -0.2) is 0 Å². The van der Waals surface area contributed by atoms with E-state index in [0.717, 1.165) is 17.8 Å². The Hall–Kier alpha value is 0. The summed E-state index contributed by atoms with van der Waals surface area (Å²) in [7, 11) is 0. The van der Waals surface area contributed by atoms with Crippen molar-refractivity contribution >= 4 is 0 Å². The molecule has 0 heteroatoms. The SMILES string of the molecule is CC(C)(C)C1C2CCCC1C2. The molecule has 0 radical (unpaired) electrons. The van der Waals surface area contributed by atoms with E-state index in [9.17, 15) is 0 Å². The van der Waals surface area contributed by atoms with Crippen molar-refractivity contribution in [3.05, 3.63) is 0 Å². The van der Waals surface area contributed by atoms with Gasteiger partial charge in [0.2, 0.25) is 0 Å². The molecule has 0 aromatic rings. The van der Waals surface area contributed by atoms with E-state index in [-0.39, 0.29) is 0 Å². The molecule has 3 aliphatic rings. The first kappa shape index (κ1) is 7.64. The van der Waals surface area contributed by atoms with Gasteiger partial charge in [0.05, 0.1) is 0 Å². The van der Waals surface area contributed by atoms with E-state index in [1.165, 1.54) is 19.3 Å². The molecule has 0 nitrogen and oxygen atoms in total. The summed E-state index contributed by atoms with van der Waals surface area (Å²) in [4.78, 5) is 0. The van der Waals surface area contributed by atoms with Crippen molar-refractivity contribution in [3.63, 3.8) is 0 Å². The van der Waals surface area contributed by atoms with Crippen molar-refractivity contribution in [2.75, 3.05) is 0 Å². The van der Waals surface area contributed by atoms with Crippen LogP contribution in [0.2, 0.25) is 0 Å². The van der Waals surface area contributed by atoms with E-state index in [2.05, 4.69) is 20.8 Å². The van der Waals surface area contributed by atoms with Crippen LogP contribution in [0.3, 0.4) is 0 Å². The molecule has 0 saturated heterocycles. The van der Waals surface area contributed by atoms with Crippen molar-refractivity contribution in [1.82, 2.24) is 0 Å². The number of rotatable bonds is 0. The summed E-state index contributed by atoms with van der Waals surface area (Å²) >= 11 is 0. The van der Waals surface area contributed by atoms with Gasteiger partial charge in [-0.2, -0.15) is 0 Å². The molecular formula is C11H20. The molecule has 0 amide bonds. The van der Waals surface area contributed by atoms with Crippen LogP contribution in [0, 0.1) is 23.2 Å². The minimum absolute atomic E-state index is 0.591. The lowest BCUT2D eigenvalue weighted by molar-refractivity contribution is -0.0583. The zero-order valence-corrected chi connectivity index (χ0v) is 8.06. The second-order valence-corrected chi connectivity index (χ2v) is 5.58. The van der Waals surface area contributed by atoms with Crippen LogP contribution in [0.15, 0.2) is 0 Å². The summed E-state index contributed by atoms with van der Waals surface area (Å²) in [6.45, 7) is 7.26. The van der Waals surface area contributed by atoms with Crippen LogP contribution in [0.25, 0.3) is 0 Å². The van der Waals surface area contributed by atoms with Crippen molar-refractivity contribution in [3.8, 4) is 0 Å². The molecule has 0 spiro atoms. The molecule has 0 aromatic heterocycles. The first-order chi connectivity index (χ1) is 5.09. The lowest BCUT2D eigenvalue weighted by Crippen LogP contribution is -2.47. The summed E-state index contributed by atoms with van der Waals surface area (Å²) in [5.74, 6) is 3.28. The molecule has 64 valence electrons. The molecule has 3 aliphatic carbocycles. The third-order valence-electron chi connectivity index (χ3n) is 3.77. The Balaban J connectivity index is 2.06. The molecule has 2 atom stereocenters. The number of fused-ring (bicyclic) bond motifs is 2. The van der Waals surface area contributed by atoms with Crippen molar-refractivity contribution in [1.29, 1.82) is 0 Å². The highest BCUT2D eigenvalue weighted by molar-refractivity contribution is 4.98. The van der Waals surface area contributed by atoms with E-state index >= 15 is 0 Å². The summed E-state index contributed by atoms with van der Waals surface area (Å²) in [6, 6.07) is 0. The summed E-state index contributed by atoms with van der Waals surface area (Å²) in [5.41, 5.74) is 0.591. The van der Waals surface area contributed by atoms with Crippen LogP contribution in [-0.2, 0) is 0 Å². The van der Waals surface area contributed by atoms with Crippen LogP contribution >= 0.6 is 0 Å². The van der Waals surface area contributed by atoms with E-state index in [4.69, 9.17) is 0 Å². The molecule has 3 rings (SSSR count). The Morgan fingerprint density at radius 1 is 1.00 bits per heavy atom. The third kappa shape index (κ3) is 1.11. The summed E-state index contributed by atoms with van der Waals surface area (Å²) < 4.78 is 0. The Bertz CT molecular complexity index is 138. The zero-order valence-electron chi connectivity index (χ0n) is 8.06. The highest BCUT2D eigenvalue weighted by atomic mass is 14.5. The Morgan fingerprint density at radius 3 is 1.82 bits per heavy atom. The molecule has 3 saturated carbocycles. The van der Waals surface area contributed by atoms with E-state index in [1.54, 1.807) is 6.42 Å². The minimum Gasteiger partial charge on any atom is -0.0599 e.